The first-order chi connectivity index (χ1) is 13.5. The number of hydrogen-bond acceptors (Lipinski definition) is 4. The Morgan fingerprint density at radius 3 is 2.41 bits per heavy atom. The van der Waals surface area contributed by atoms with E-state index >= 15 is 0 Å². The highest BCUT2D eigenvalue weighted by Crippen LogP contribution is 2.37. The van der Waals surface area contributed by atoms with E-state index in [1.54, 1.807) is 0 Å². The van der Waals surface area contributed by atoms with E-state index in [4.69, 9.17) is 15.5 Å². The van der Waals surface area contributed by atoms with E-state index < -0.39 is 13.1 Å². The molecule has 1 aromatic heterocycles. The van der Waals surface area contributed by atoms with Crippen LogP contribution in [0, 0.1) is 6.92 Å². The van der Waals surface area contributed by atoms with Crippen molar-refractivity contribution in [3.05, 3.63) is 57.3 Å². The molecule has 0 saturated carbocycles. The monoisotopic (exact) mass is 437 g/mol. The Hall–Kier alpha value is -1.30. The molecule has 1 atom stereocenters. The molecule has 160 valence electrons. The van der Waals surface area contributed by atoms with Crippen molar-refractivity contribution in [2.24, 2.45) is 5.73 Å². The van der Waals surface area contributed by atoms with E-state index in [1.165, 1.54) is 22.5 Å². The fraction of sp³-hybridized carbons (Fsp3) is 0.500. The molecule has 29 heavy (non-hydrogen) atoms. The SMILES string of the molecule is Cc1ccc(CCCCC(=O)c2ccc(CCC(C)(N)CCP(=O)(O)O)s2)cc1. The number of carbonyl (C=O) groups is 1. The van der Waals surface area contributed by atoms with Crippen LogP contribution in [0.3, 0.4) is 0 Å². The summed E-state index contributed by atoms with van der Waals surface area (Å²) in [6, 6.07) is 12.4. The number of carbonyl (C=O) groups excluding carboxylic acids is 1. The molecule has 5 nitrogen and oxygen atoms in total. The lowest BCUT2D eigenvalue weighted by atomic mass is 9.94. The van der Waals surface area contributed by atoms with Crippen LogP contribution in [-0.4, -0.2) is 27.3 Å². The van der Waals surface area contributed by atoms with Crippen molar-refractivity contribution >= 4 is 24.7 Å². The Labute approximate surface area is 177 Å². The summed E-state index contributed by atoms with van der Waals surface area (Å²) in [6.07, 6.45) is 4.83. The zero-order chi connectivity index (χ0) is 21.5. The highest BCUT2D eigenvalue weighted by atomic mass is 32.1. The van der Waals surface area contributed by atoms with Gasteiger partial charge in [0.2, 0.25) is 0 Å². The van der Waals surface area contributed by atoms with Crippen molar-refractivity contribution in [3.63, 3.8) is 0 Å². The fourth-order valence-electron chi connectivity index (χ4n) is 3.09. The van der Waals surface area contributed by atoms with Crippen LogP contribution in [-0.2, 0) is 17.4 Å². The van der Waals surface area contributed by atoms with Gasteiger partial charge >= 0.3 is 7.60 Å². The van der Waals surface area contributed by atoms with Crippen LogP contribution in [0.25, 0.3) is 0 Å². The van der Waals surface area contributed by atoms with E-state index in [1.807, 2.05) is 19.1 Å². The number of hydrogen-bond donors (Lipinski definition) is 3. The molecule has 2 rings (SSSR count). The van der Waals surface area contributed by atoms with Crippen LogP contribution >= 0.6 is 18.9 Å². The molecule has 0 bridgehead atoms. The summed E-state index contributed by atoms with van der Waals surface area (Å²) < 4.78 is 11.0. The van der Waals surface area contributed by atoms with Gasteiger partial charge < -0.3 is 15.5 Å². The van der Waals surface area contributed by atoms with Crippen LogP contribution in [0.4, 0.5) is 0 Å². The first kappa shape index (κ1) is 24.0. The minimum absolute atomic E-state index is 0.183. The third-order valence-corrected chi connectivity index (χ3v) is 7.09. The molecule has 0 amide bonds. The van der Waals surface area contributed by atoms with Gasteiger partial charge in [0.25, 0.3) is 0 Å². The third kappa shape index (κ3) is 9.37. The summed E-state index contributed by atoms with van der Waals surface area (Å²) >= 11 is 1.50. The van der Waals surface area contributed by atoms with Gasteiger partial charge in [0, 0.05) is 16.8 Å². The quantitative estimate of drug-likeness (QED) is 0.250. The number of nitrogens with two attached hydrogens (primary N) is 1. The summed E-state index contributed by atoms with van der Waals surface area (Å²) in [7, 11) is -4.02. The van der Waals surface area contributed by atoms with Gasteiger partial charge in [-0.3, -0.25) is 9.36 Å². The van der Waals surface area contributed by atoms with E-state index in [9.17, 15) is 9.36 Å². The standard InChI is InChI=1S/C22H32NO4PS/c1-17-7-9-18(10-8-17)5-3-4-6-20(24)21-12-11-19(29-21)13-14-22(2,23)15-16-28(25,26)27/h7-12H,3-6,13-16,23H2,1-2H3,(H2,25,26,27). The normalized spacial score (nSPS) is 14.0. The van der Waals surface area contributed by atoms with E-state index in [0.29, 0.717) is 19.3 Å². The van der Waals surface area contributed by atoms with Crippen molar-refractivity contribution in [2.75, 3.05) is 6.16 Å². The van der Waals surface area contributed by atoms with E-state index in [2.05, 4.69) is 31.2 Å². The fourth-order valence-corrected chi connectivity index (χ4v) is 4.87. The molecule has 0 spiro atoms. The van der Waals surface area contributed by atoms with Crippen LogP contribution in [0.2, 0.25) is 0 Å². The lowest BCUT2D eigenvalue weighted by molar-refractivity contribution is 0.0983. The Balaban J connectivity index is 1.73. The van der Waals surface area contributed by atoms with Crippen molar-refractivity contribution in [2.45, 2.75) is 64.3 Å². The van der Waals surface area contributed by atoms with E-state index in [0.717, 1.165) is 29.0 Å². The molecule has 7 heteroatoms. The molecule has 0 fully saturated rings. The van der Waals surface area contributed by atoms with Crippen molar-refractivity contribution in [3.8, 4) is 0 Å². The van der Waals surface area contributed by atoms with Crippen molar-refractivity contribution in [1.82, 2.24) is 0 Å². The van der Waals surface area contributed by atoms with Crippen LogP contribution in [0.15, 0.2) is 36.4 Å². The first-order valence-electron chi connectivity index (χ1n) is 10.0. The molecular weight excluding hydrogens is 405 g/mol. The van der Waals surface area contributed by atoms with Crippen LogP contribution in [0.5, 0.6) is 0 Å². The minimum Gasteiger partial charge on any atom is -0.325 e. The molecule has 0 radical (unpaired) electrons. The molecule has 0 aliphatic rings. The molecule has 4 N–H and O–H groups in total. The number of benzene rings is 1. The number of ketones is 1. The van der Waals surface area contributed by atoms with Gasteiger partial charge in [0.15, 0.2) is 5.78 Å². The largest absolute Gasteiger partial charge is 0.325 e. The second kappa shape index (κ2) is 10.6. The lowest BCUT2D eigenvalue weighted by Gasteiger charge is -2.24. The Bertz CT molecular complexity index is 839. The smallest absolute Gasteiger partial charge is 0.325 e. The second-order valence-corrected chi connectivity index (χ2v) is 11.1. The van der Waals surface area contributed by atoms with Gasteiger partial charge in [-0.25, -0.2) is 0 Å². The number of unbranched alkanes of at least 4 members (excludes halogenated alkanes) is 1. The highest BCUT2D eigenvalue weighted by Gasteiger charge is 2.24. The summed E-state index contributed by atoms with van der Waals surface area (Å²) in [5.41, 5.74) is 8.11. The topological polar surface area (TPSA) is 101 Å². The Morgan fingerprint density at radius 2 is 1.76 bits per heavy atom. The summed E-state index contributed by atoms with van der Waals surface area (Å²) in [5.74, 6) is 0.183. The van der Waals surface area contributed by atoms with Gasteiger partial charge in [0.1, 0.15) is 0 Å². The number of rotatable bonds is 12. The predicted octanol–water partition coefficient (Wildman–Crippen LogP) is 4.87. The zero-order valence-corrected chi connectivity index (χ0v) is 19.0. The number of thiophene rings is 1. The predicted molar refractivity (Wildman–Crippen MR) is 120 cm³/mol. The maximum absolute atomic E-state index is 12.4. The molecule has 0 saturated heterocycles. The summed E-state index contributed by atoms with van der Waals surface area (Å²) in [5, 5.41) is 0. The molecule has 1 aromatic carbocycles. The van der Waals surface area contributed by atoms with Gasteiger partial charge in [-0.2, -0.15) is 0 Å². The molecule has 1 heterocycles. The zero-order valence-electron chi connectivity index (χ0n) is 17.3. The molecular formula is C22H32NO4PS. The Morgan fingerprint density at radius 1 is 1.07 bits per heavy atom. The maximum atomic E-state index is 12.4. The number of Topliss-reactive ketones (excluding diaryl/α,β-unsaturated/α-hetero) is 1. The van der Waals surface area contributed by atoms with Crippen molar-refractivity contribution in [1.29, 1.82) is 0 Å². The molecule has 1 unspecified atom stereocenters. The summed E-state index contributed by atoms with van der Waals surface area (Å²) in [6.45, 7) is 3.89. The van der Waals surface area contributed by atoms with Crippen LogP contribution < -0.4 is 5.73 Å². The van der Waals surface area contributed by atoms with Gasteiger partial charge in [-0.1, -0.05) is 29.8 Å². The molecule has 0 aliphatic carbocycles. The first-order valence-corrected chi connectivity index (χ1v) is 12.7. The second-order valence-electron chi connectivity index (χ2n) is 8.17. The Kier molecular flexibility index (Phi) is 8.80. The average molecular weight is 438 g/mol. The third-order valence-electron chi connectivity index (χ3n) is 5.09. The van der Waals surface area contributed by atoms with Gasteiger partial charge in [0.05, 0.1) is 11.0 Å². The maximum Gasteiger partial charge on any atom is 0.325 e. The molecule has 2 aromatic rings. The number of aryl methyl sites for hydroxylation is 3. The minimum atomic E-state index is -4.02. The molecule has 0 aliphatic heterocycles. The van der Waals surface area contributed by atoms with Gasteiger partial charge in [-0.05, 0) is 70.1 Å². The highest BCUT2D eigenvalue weighted by molar-refractivity contribution is 7.51. The summed E-state index contributed by atoms with van der Waals surface area (Å²) in [4.78, 5) is 32.3. The average Bonchev–Trinajstić information content (AvgIpc) is 3.12. The van der Waals surface area contributed by atoms with Crippen LogP contribution in [0.1, 0.15) is 64.7 Å². The van der Waals surface area contributed by atoms with Crippen molar-refractivity contribution < 1.29 is 19.1 Å². The van der Waals surface area contributed by atoms with Gasteiger partial charge in [-0.15, -0.1) is 11.3 Å². The lowest BCUT2D eigenvalue weighted by Crippen LogP contribution is -2.37. The van der Waals surface area contributed by atoms with E-state index in [-0.39, 0.29) is 18.4 Å².